The molecular weight excluding hydrogens is 512 g/mol. The van der Waals surface area contributed by atoms with Crippen molar-refractivity contribution in [3.05, 3.63) is 150 Å². The van der Waals surface area contributed by atoms with E-state index in [1.807, 2.05) is 24.3 Å². The molecule has 0 saturated carbocycles. The maximum absolute atomic E-state index is 9.72. The van der Waals surface area contributed by atoms with Gasteiger partial charge in [-0.1, -0.05) is 78.9 Å². The van der Waals surface area contributed by atoms with Crippen LogP contribution in [0.1, 0.15) is 5.56 Å². The fourth-order valence-electron chi connectivity index (χ4n) is 6.38. The minimum Gasteiger partial charge on any atom is -0.309 e. The normalized spacial score (nSPS) is 11.3. The lowest BCUT2D eigenvalue weighted by atomic mass is 9.98. The zero-order chi connectivity index (χ0) is 28.2. The molecule has 0 bridgehead atoms. The van der Waals surface area contributed by atoms with Crippen molar-refractivity contribution < 1.29 is 0 Å². The second-order valence-electron chi connectivity index (χ2n) is 10.4. The Hall–Kier alpha value is -6.10. The van der Waals surface area contributed by atoms with E-state index in [2.05, 4.69) is 123 Å². The standard InChI is InChI=1S/C38H22N4/c1-40-33-20-19-28(22-26(33)24-39)42-35-16-8-6-13-31(35)38-29(14-9-17-37(38)42)25-18-21-36-32(23-25)30-12-5-7-15-34(30)41(36)27-10-3-2-4-11-27/h2-23H. The predicted octanol–water partition coefficient (Wildman–Crippen LogP) is 9.97. The van der Waals surface area contributed by atoms with Crippen molar-refractivity contribution in [3.63, 3.8) is 0 Å². The van der Waals surface area contributed by atoms with E-state index in [-0.39, 0.29) is 0 Å². The Morgan fingerprint density at radius 3 is 2.00 bits per heavy atom. The predicted molar refractivity (Wildman–Crippen MR) is 172 cm³/mol. The van der Waals surface area contributed by atoms with Crippen LogP contribution in [0, 0.1) is 17.9 Å². The summed E-state index contributed by atoms with van der Waals surface area (Å²) in [6.45, 7) is 7.44. The molecule has 42 heavy (non-hydrogen) atoms. The lowest BCUT2D eigenvalue weighted by molar-refractivity contribution is 1.18. The third kappa shape index (κ3) is 3.40. The summed E-state index contributed by atoms with van der Waals surface area (Å²) < 4.78 is 4.53. The lowest BCUT2D eigenvalue weighted by Gasteiger charge is -2.10. The van der Waals surface area contributed by atoms with Crippen LogP contribution in [0.2, 0.25) is 0 Å². The van der Waals surface area contributed by atoms with E-state index in [1.54, 1.807) is 6.07 Å². The number of para-hydroxylation sites is 3. The summed E-state index contributed by atoms with van der Waals surface area (Å²) in [5.41, 5.74) is 9.52. The van der Waals surface area contributed by atoms with Gasteiger partial charge in [0, 0.05) is 32.9 Å². The van der Waals surface area contributed by atoms with E-state index in [0.29, 0.717) is 11.3 Å². The topological polar surface area (TPSA) is 38.0 Å². The van der Waals surface area contributed by atoms with Gasteiger partial charge in [-0.25, -0.2) is 4.85 Å². The summed E-state index contributed by atoms with van der Waals surface area (Å²) in [5, 5.41) is 14.5. The first-order chi connectivity index (χ1) is 20.8. The Bertz CT molecular complexity index is 2430. The molecule has 8 rings (SSSR count). The number of aromatic nitrogens is 2. The third-order valence-electron chi connectivity index (χ3n) is 8.17. The van der Waals surface area contributed by atoms with Gasteiger partial charge in [0.2, 0.25) is 5.69 Å². The molecule has 2 heterocycles. The van der Waals surface area contributed by atoms with Crippen molar-refractivity contribution in [2.45, 2.75) is 0 Å². The van der Waals surface area contributed by atoms with Gasteiger partial charge in [0.05, 0.1) is 40.3 Å². The highest BCUT2D eigenvalue weighted by Crippen LogP contribution is 2.41. The van der Waals surface area contributed by atoms with Crippen molar-refractivity contribution in [1.82, 2.24) is 9.13 Å². The summed E-state index contributed by atoms with van der Waals surface area (Å²) >= 11 is 0. The fraction of sp³-hybridized carbons (Fsp3) is 0. The van der Waals surface area contributed by atoms with Crippen LogP contribution in [0.5, 0.6) is 0 Å². The number of hydrogen-bond acceptors (Lipinski definition) is 1. The summed E-state index contributed by atoms with van der Waals surface area (Å²) in [7, 11) is 0. The number of rotatable bonds is 3. The van der Waals surface area contributed by atoms with Crippen molar-refractivity contribution in [2.75, 3.05) is 0 Å². The van der Waals surface area contributed by atoms with Gasteiger partial charge in [0.1, 0.15) is 0 Å². The van der Waals surface area contributed by atoms with Crippen LogP contribution in [-0.2, 0) is 0 Å². The Morgan fingerprint density at radius 1 is 0.548 bits per heavy atom. The molecule has 194 valence electrons. The molecule has 0 aliphatic rings. The van der Waals surface area contributed by atoms with Crippen LogP contribution in [-0.4, -0.2) is 9.13 Å². The van der Waals surface area contributed by atoms with Gasteiger partial charge >= 0.3 is 0 Å². The zero-order valence-corrected chi connectivity index (χ0v) is 22.5. The molecule has 0 amide bonds. The first-order valence-corrected chi connectivity index (χ1v) is 13.8. The molecule has 2 aromatic heterocycles. The molecule has 0 radical (unpaired) electrons. The Kier molecular flexibility index (Phi) is 5.22. The molecule has 0 unspecified atom stereocenters. The fourth-order valence-corrected chi connectivity index (χ4v) is 6.38. The highest BCUT2D eigenvalue weighted by atomic mass is 15.0. The van der Waals surface area contributed by atoms with Crippen molar-refractivity contribution >= 4 is 49.3 Å². The van der Waals surface area contributed by atoms with E-state index in [1.165, 1.54) is 21.8 Å². The maximum Gasteiger partial charge on any atom is 0.204 e. The molecule has 0 aliphatic carbocycles. The smallest absolute Gasteiger partial charge is 0.204 e. The monoisotopic (exact) mass is 534 g/mol. The van der Waals surface area contributed by atoms with E-state index < -0.39 is 0 Å². The van der Waals surface area contributed by atoms with Crippen LogP contribution in [0.3, 0.4) is 0 Å². The molecule has 0 saturated heterocycles. The van der Waals surface area contributed by atoms with Gasteiger partial charge in [-0.2, -0.15) is 5.26 Å². The molecule has 0 fully saturated rings. The van der Waals surface area contributed by atoms with Crippen LogP contribution in [0.15, 0.2) is 133 Å². The van der Waals surface area contributed by atoms with Crippen molar-refractivity contribution in [3.8, 4) is 28.6 Å². The summed E-state index contributed by atoms with van der Waals surface area (Å²) in [4.78, 5) is 3.53. The highest BCUT2D eigenvalue weighted by molar-refractivity contribution is 6.17. The Labute approximate surface area is 242 Å². The molecule has 0 atom stereocenters. The molecule has 6 aromatic carbocycles. The second-order valence-corrected chi connectivity index (χ2v) is 10.4. The van der Waals surface area contributed by atoms with Crippen molar-refractivity contribution in [2.24, 2.45) is 0 Å². The van der Waals surface area contributed by atoms with Gasteiger partial charge in [0.25, 0.3) is 0 Å². The number of benzene rings is 6. The molecule has 0 N–H and O–H groups in total. The van der Waals surface area contributed by atoms with Crippen LogP contribution in [0.25, 0.3) is 71.0 Å². The molecule has 4 nitrogen and oxygen atoms in total. The Balaban J connectivity index is 1.41. The molecule has 4 heteroatoms. The van der Waals surface area contributed by atoms with E-state index in [9.17, 15) is 5.26 Å². The minimum atomic E-state index is 0.366. The van der Waals surface area contributed by atoms with Gasteiger partial charge in [0.15, 0.2) is 0 Å². The molecule has 0 spiro atoms. The van der Waals surface area contributed by atoms with E-state index >= 15 is 0 Å². The lowest BCUT2D eigenvalue weighted by Crippen LogP contribution is -1.94. The largest absolute Gasteiger partial charge is 0.309 e. The Morgan fingerprint density at radius 2 is 1.21 bits per heavy atom. The van der Waals surface area contributed by atoms with E-state index in [4.69, 9.17) is 6.57 Å². The van der Waals surface area contributed by atoms with Gasteiger partial charge in [-0.15, -0.1) is 0 Å². The number of nitriles is 1. The van der Waals surface area contributed by atoms with Crippen LogP contribution >= 0.6 is 0 Å². The van der Waals surface area contributed by atoms with Crippen LogP contribution in [0.4, 0.5) is 5.69 Å². The van der Waals surface area contributed by atoms with Gasteiger partial charge < -0.3 is 9.13 Å². The summed E-state index contributed by atoms with van der Waals surface area (Å²) in [5.74, 6) is 0. The summed E-state index contributed by atoms with van der Waals surface area (Å²) in [6, 6.07) is 48.4. The molecule has 0 aliphatic heterocycles. The first-order valence-electron chi connectivity index (χ1n) is 13.8. The highest BCUT2D eigenvalue weighted by Gasteiger charge is 2.18. The second kappa shape index (κ2) is 9.24. The molecule has 8 aromatic rings. The number of hydrogen-bond donors (Lipinski definition) is 0. The van der Waals surface area contributed by atoms with Gasteiger partial charge in [-0.3, -0.25) is 0 Å². The first kappa shape index (κ1) is 23.8. The average molecular weight is 535 g/mol. The quantitative estimate of drug-likeness (QED) is 0.208. The van der Waals surface area contributed by atoms with Gasteiger partial charge in [-0.05, 0) is 65.7 Å². The van der Waals surface area contributed by atoms with Crippen molar-refractivity contribution in [1.29, 1.82) is 5.26 Å². The zero-order valence-electron chi connectivity index (χ0n) is 22.5. The minimum absolute atomic E-state index is 0.366. The van der Waals surface area contributed by atoms with Crippen LogP contribution < -0.4 is 0 Å². The number of fused-ring (bicyclic) bond motifs is 6. The number of nitrogens with zero attached hydrogens (tertiary/aromatic N) is 4. The summed E-state index contributed by atoms with van der Waals surface area (Å²) in [6.07, 6.45) is 0. The molecular formula is C38H22N4. The average Bonchev–Trinajstić information content (AvgIpc) is 3.57. The maximum atomic E-state index is 9.72. The third-order valence-corrected chi connectivity index (χ3v) is 8.17. The SMILES string of the molecule is [C-]#[N+]c1ccc(-n2c3ccccc3c3c(-c4ccc5c(c4)c4ccccc4n5-c4ccccc4)cccc32)cc1C#N. The van der Waals surface area contributed by atoms with E-state index in [0.717, 1.165) is 44.3 Å².